The first-order chi connectivity index (χ1) is 8.26. The molecular formula is C14H30N2O. The molecule has 0 saturated heterocycles. The van der Waals surface area contributed by atoms with E-state index in [1.54, 1.807) is 0 Å². The Balaban J connectivity index is 2.17. The highest BCUT2D eigenvalue weighted by atomic mass is 16.5. The molecule has 0 atom stereocenters. The van der Waals surface area contributed by atoms with E-state index < -0.39 is 0 Å². The van der Waals surface area contributed by atoms with Crippen molar-refractivity contribution in [3.05, 3.63) is 0 Å². The van der Waals surface area contributed by atoms with Gasteiger partial charge >= 0.3 is 0 Å². The maximum atomic E-state index is 6.16. The van der Waals surface area contributed by atoms with E-state index in [1.807, 2.05) is 0 Å². The van der Waals surface area contributed by atoms with Crippen LogP contribution in [0.3, 0.4) is 0 Å². The first-order valence-corrected chi connectivity index (χ1v) is 7.33. The number of nitrogens with zero attached hydrogens (tertiary/aromatic N) is 1. The first-order valence-electron chi connectivity index (χ1n) is 7.33. The third-order valence-corrected chi connectivity index (χ3v) is 3.98. The van der Waals surface area contributed by atoms with Crippen molar-refractivity contribution < 1.29 is 4.74 Å². The summed E-state index contributed by atoms with van der Waals surface area (Å²) in [5.41, 5.74) is 0.218. The molecule has 0 radical (unpaired) electrons. The van der Waals surface area contributed by atoms with Crippen molar-refractivity contribution in [2.45, 2.75) is 52.1 Å². The molecule has 1 aliphatic carbocycles. The van der Waals surface area contributed by atoms with Crippen LogP contribution in [0.4, 0.5) is 0 Å². The summed E-state index contributed by atoms with van der Waals surface area (Å²) in [5, 5.41) is 3.40. The zero-order valence-electron chi connectivity index (χ0n) is 11.9. The lowest BCUT2D eigenvalue weighted by molar-refractivity contribution is -0.108. The normalized spacial score (nSPS) is 18.4. The van der Waals surface area contributed by atoms with Crippen molar-refractivity contribution in [1.29, 1.82) is 0 Å². The monoisotopic (exact) mass is 242 g/mol. The summed E-state index contributed by atoms with van der Waals surface area (Å²) in [6, 6.07) is 0. The van der Waals surface area contributed by atoms with Gasteiger partial charge in [0.2, 0.25) is 0 Å². The van der Waals surface area contributed by atoms with Crippen LogP contribution in [0.1, 0.15) is 46.5 Å². The molecule has 102 valence electrons. The molecule has 0 aliphatic heterocycles. The number of likely N-dealkylation sites (N-methyl/N-ethyl adjacent to an activating group) is 1. The highest BCUT2D eigenvalue weighted by Gasteiger charge is 2.37. The Labute approximate surface area is 107 Å². The molecule has 1 rings (SSSR count). The van der Waals surface area contributed by atoms with Crippen molar-refractivity contribution in [1.82, 2.24) is 10.2 Å². The van der Waals surface area contributed by atoms with Crippen LogP contribution in [-0.4, -0.2) is 49.8 Å². The molecule has 0 bridgehead atoms. The largest absolute Gasteiger partial charge is 0.374 e. The Hall–Kier alpha value is -0.120. The molecule has 3 heteroatoms. The van der Waals surface area contributed by atoms with Crippen molar-refractivity contribution in [3.63, 3.8) is 0 Å². The first kappa shape index (κ1) is 14.9. The van der Waals surface area contributed by atoms with Crippen LogP contribution >= 0.6 is 0 Å². The molecule has 1 N–H and O–H groups in total. The Morgan fingerprint density at radius 1 is 1.18 bits per heavy atom. The second-order valence-corrected chi connectivity index (χ2v) is 5.02. The van der Waals surface area contributed by atoms with Gasteiger partial charge in [0, 0.05) is 6.54 Å². The van der Waals surface area contributed by atoms with E-state index >= 15 is 0 Å². The lowest BCUT2D eigenvalue weighted by atomic mass is 9.77. The van der Waals surface area contributed by atoms with Gasteiger partial charge in [-0.2, -0.15) is 0 Å². The highest BCUT2D eigenvalue weighted by Crippen LogP contribution is 2.38. The SMILES string of the molecule is CCNCCC1(OCCN(CC)CC)CCC1. The van der Waals surface area contributed by atoms with E-state index in [0.29, 0.717) is 0 Å². The van der Waals surface area contributed by atoms with Crippen molar-refractivity contribution >= 4 is 0 Å². The number of rotatable bonds is 10. The summed E-state index contributed by atoms with van der Waals surface area (Å²) in [7, 11) is 0. The molecule has 17 heavy (non-hydrogen) atoms. The molecule has 0 aromatic rings. The average molecular weight is 242 g/mol. The summed E-state index contributed by atoms with van der Waals surface area (Å²) in [6.07, 6.45) is 5.05. The lowest BCUT2D eigenvalue weighted by Crippen LogP contribution is -2.44. The predicted molar refractivity (Wildman–Crippen MR) is 73.5 cm³/mol. The minimum Gasteiger partial charge on any atom is -0.374 e. The second kappa shape index (κ2) is 8.06. The fourth-order valence-corrected chi connectivity index (χ4v) is 2.46. The van der Waals surface area contributed by atoms with Crippen LogP contribution < -0.4 is 5.32 Å². The summed E-state index contributed by atoms with van der Waals surface area (Å²) in [4.78, 5) is 2.43. The summed E-state index contributed by atoms with van der Waals surface area (Å²) >= 11 is 0. The van der Waals surface area contributed by atoms with Gasteiger partial charge in [-0.25, -0.2) is 0 Å². The van der Waals surface area contributed by atoms with Gasteiger partial charge in [0.1, 0.15) is 0 Å². The zero-order chi connectivity index (χ0) is 12.6. The Morgan fingerprint density at radius 3 is 2.35 bits per heavy atom. The van der Waals surface area contributed by atoms with Gasteiger partial charge in [0.05, 0.1) is 12.2 Å². The van der Waals surface area contributed by atoms with E-state index in [0.717, 1.165) is 39.3 Å². The Morgan fingerprint density at radius 2 is 1.88 bits per heavy atom. The third kappa shape index (κ3) is 4.94. The fraction of sp³-hybridized carbons (Fsp3) is 1.00. The highest BCUT2D eigenvalue weighted by molar-refractivity contribution is 4.90. The molecule has 0 unspecified atom stereocenters. The van der Waals surface area contributed by atoms with Gasteiger partial charge < -0.3 is 15.0 Å². The molecule has 0 amide bonds. The van der Waals surface area contributed by atoms with Crippen molar-refractivity contribution in [3.8, 4) is 0 Å². The average Bonchev–Trinajstić information content (AvgIpc) is 2.30. The molecule has 3 nitrogen and oxygen atoms in total. The van der Waals surface area contributed by atoms with Gasteiger partial charge in [-0.3, -0.25) is 0 Å². The number of ether oxygens (including phenoxy) is 1. The van der Waals surface area contributed by atoms with Gasteiger partial charge in [-0.05, 0) is 51.9 Å². The molecule has 0 spiro atoms. The van der Waals surface area contributed by atoms with Gasteiger partial charge in [-0.15, -0.1) is 0 Å². The Bertz CT molecular complexity index is 189. The summed E-state index contributed by atoms with van der Waals surface area (Å²) in [5.74, 6) is 0. The molecular weight excluding hydrogens is 212 g/mol. The smallest absolute Gasteiger partial charge is 0.0695 e. The summed E-state index contributed by atoms with van der Waals surface area (Å²) < 4.78 is 6.16. The molecule has 1 saturated carbocycles. The van der Waals surface area contributed by atoms with Crippen LogP contribution in [0.2, 0.25) is 0 Å². The van der Waals surface area contributed by atoms with E-state index in [2.05, 4.69) is 31.0 Å². The lowest BCUT2D eigenvalue weighted by Gasteiger charge is -2.42. The predicted octanol–water partition coefficient (Wildman–Crippen LogP) is 2.27. The van der Waals surface area contributed by atoms with E-state index in [9.17, 15) is 0 Å². The quantitative estimate of drug-likeness (QED) is 0.595. The number of hydrogen-bond acceptors (Lipinski definition) is 3. The van der Waals surface area contributed by atoms with E-state index in [4.69, 9.17) is 4.74 Å². The molecule has 0 aromatic carbocycles. The number of hydrogen-bond donors (Lipinski definition) is 1. The van der Waals surface area contributed by atoms with E-state index in [1.165, 1.54) is 25.7 Å². The number of nitrogens with one attached hydrogen (secondary N) is 1. The van der Waals surface area contributed by atoms with Crippen LogP contribution in [0.15, 0.2) is 0 Å². The molecule has 1 aliphatic rings. The minimum atomic E-state index is 0.218. The van der Waals surface area contributed by atoms with Gasteiger partial charge in [0.25, 0.3) is 0 Å². The zero-order valence-corrected chi connectivity index (χ0v) is 11.9. The van der Waals surface area contributed by atoms with Crippen molar-refractivity contribution in [2.24, 2.45) is 0 Å². The standard InChI is InChI=1S/C14H30N2O/c1-4-15-11-10-14(8-7-9-14)17-13-12-16(5-2)6-3/h15H,4-13H2,1-3H3. The fourth-order valence-electron chi connectivity index (χ4n) is 2.46. The van der Waals surface area contributed by atoms with Crippen molar-refractivity contribution in [2.75, 3.05) is 39.3 Å². The van der Waals surface area contributed by atoms with Crippen LogP contribution in [0.25, 0.3) is 0 Å². The molecule has 1 fully saturated rings. The maximum Gasteiger partial charge on any atom is 0.0695 e. The summed E-state index contributed by atoms with van der Waals surface area (Å²) in [6.45, 7) is 13.0. The van der Waals surface area contributed by atoms with Gasteiger partial charge in [-0.1, -0.05) is 20.8 Å². The van der Waals surface area contributed by atoms with Crippen LogP contribution in [0, 0.1) is 0 Å². The van der Waals surface area contributed by atoms with Crippen LogP contribution in [0.5, 0.6) is 0 Å². The van der Waals surface area contributed by atoms with Crippen LogP contribution in [-0.2, 0) is 4.74 Å². The maximum absolute atomic E-state index is 6.16. The van der Waals surface area contributed by atoms with E-state index in [-0.39, 0.29) is 5.60 Å². The minimum absolute atomic E-state index is 0.218. The third-order valence-electron chi connectivity index (χ3n) is 3.98. The molecule has 0 aromatic heterocycles. The van der Waals surface area contributed by atoms with Gasteiger partial charge in [0.15, 0.2) is 0 Å². The molecule has 0 heterocycles. The Kier molecular flexibility index (Phi) is 7.09. The second-order valence-electron chi connectivity index (χ2n) is 5.02. The topological polar surface area (TPSA) is 24.5 Å².